The first kappa shape index (κ1) is 17.9. The van der Waals surface area contributed by atoms with Gasteiger partial charge in [-0.15, -0.1) is 0 Å². The van der Waals surface area contributed by atoms with Gasteiger partial charge in [-0.25, -0.2) is 18.1 Å². The first-order valence-corrected chi connectivity index (χ1v) is 9.21. The van der Waals surface area contributed by atoms with Crippen molar-refractivity contribution in [1.82, 2.24) is 9.71 Å². The van der Waals surface area contributed by atoms with Crippen LogP contribution < -0.4 is 10.0 Å². The summed E-state index contributed by atoms with van der Waals surface area (Å²) >= 11 is 0. The molecule has 0 bridgehead atoms. The van der Waals surface area contributed by atoms with Crippen LogP contribution in [0.25, 0.3) is 0 Å². The van der Waals surface area contributed by atoms with Gasteiger partial charge in [-0.3, -0.25) is 0 Å². The fourth-order valence-electron chi connectivity index (χ4n) is 2.08. The van der Waals surface area contributed by atoms with Gasteiger partial charge in [0.25, 0.3) is 0 Å². The van der Waals surface area contributed by atoms with Crippen LogP contribution >= 0.6 is 0 Å². The van der Waals surface area contributed by atoms with Crippen molar-refractivity contribution in [3.8, 4) is 0 Å². The largest absolute Gasteiger partial charge is 0.370 e. The number of pyridine rings is 1. The molecule has 0 saturated heterocycles. The van der Waals surface area contributed by atoms with E-state index in [4.69, 9.17) is 0 Å². The molecule has 2 N–H and O–H groups in total. The Labute approximate surface area is 128 Å². The molecule has 120 valence electrons. The molecular weight excluding hydrogens is 286 g/mol. The van der Waals surface area contributed by atoms with Gasteiger partial charge in [0.15, 0.2) is 0 Å². The lowest BCUT2D eigenvalue weighted by Gasteiger charge is -2.15. The van der Waals surface area contributed by atoms with Gasteiger partial charge in [0.1, 0.15) is 10.7 Å². The van der Waals surface area contributed by atoms with E-state index in [1.807, 2.05) is 6.92 Å². The fraction of sp³-hybridized carbons (Fsp3) is 0.667. The van der Waals surface area contributed by atoms with Gasteiger partial charge in [-0.05, 0) is 31.4 Å². The van der Waals surface area contributed by atoms with E-state index in [-0.39, 0.29) is 4.90 Å². The van der Waals surface area contributed by atoms with Crippen molar-refractivity contribution in [2.24, 2.45) is 5.92 Å². The third kappa shape index (κ3) is 6.01. The number of nitrogens with one attached hydrogen (secondary N) is 2. The average molecular weight is 313 g/mol. The lowest BCUT2D eigenvalue weighted by atomic mass is 10.00. The van der Waals surface area contributed by atoms with Crippen molar-refractivity contribution in [3.05, 3.63) is 18.3 Å². The Hall–Kier alpha value is -1.14. The van der Waals surface area contributed by atoms with Crippen LogP contribution in [0.1, 0.15) is 46.5 Å². The standard InChI is InChI=1S/C15H27N3O2S/c1-4-7-8-13(5-2)11-18-21(19,20)14-9-10-15(16-6-3)17-12-14/h9-10,12-13,18H,4-8,11H2,1-3H3,(H,16,17). The summed E-state index contributed by atoms with van der Waals surface area (Å²) in [5.41, 5.74) is 0. The Morgan fingerprint density at radius 2 is 2.00 bits per heavy atom. The molecule has 1 aromatic heterocycles. The molecule has 0 amide bonds. The average Bonchev–Trinajstić information content (AvgIpc) is 2.48. The first-order chi connectivity index (χ1) is 10.0. The summed E-state index contributed by atoms with van der Waals surface area (Å²) in [5, 5.41) is 3.04. The Balaban J connectivity index is 2.63. The lowest BCUT2D eigenvalue weighted by molar-refractivity contribution is 0.443. The van der Waals surface area contributed by atoms with Crippen LogP contribution in [0.3, 0.4) is 0 Å². The van der Waals surface area contributed by atoms with Crippen LogP contribution in [0, 0.1) is 5.92 Å². The van der Waals surface area contributed by atoms with Crippen LogP contribution in [0.15, 0.2) is 23.2 Å². The van der Waals surface area contributed by atoms with Crippen LogP contribution in [0.4, 0.5) is 5.82 Å². The van der Waals surface area contributed by atoms with Gasteiger partial charge >= 0.3 is 0 Å². The summed E-state index contributed by atoms with van der Waals surface area (Å²) in [4.78, 5) is 4.32. The highest BCUT2D eigenvalue weighted by Crippen LogP contribution is 2.14. The second kappa shape index (κ2) is 9.00. The highest BCUT2D eigenvalue weighted by atomic mass is 32.2. The number of anilines is 1. The van der Waals surface area contributed by atoms with Gasteiger partial charge < -0.3 is 5.32 Å². The van der Waals surface area contributed by atoms with Crippen molar-refractivity contribution in [3.63, 3.8) is 0 Å². The van der Waals surface area contributed by atoms with E-state index in [9.17, 15) is 8.42 Å². The van der Waals surface area contributed by atoms with Crippen molar-refractivity contribution in [2.75, 3.05) is 18.4 Å². The van der Waals surface area contributed by atoms with E-state index >= 15 is 0 Å². The Morgan fingerprint density at radius 3 is 2.52 bits per heavy atom. The molecule has 1 aromatic rings. The molecule has 0 fully saturated rings. The van der Waals surface area contributed by atoms with Gasteiger partial charge in [-0.1, -0.05) is 33.1 Å². The summed E-state index contributed by atoms with van der Waals surface area (Å²) in [6, 6.07) is 3.27. The molecule has 1 unspecified atom stereocenters. The molecule has 1 rings (SSSR count). The topological polar surface area (TPSA) is 71.1 Å². The fourth-order valence-corrected chi connectivity index (χ4v) is 3.14. The highest BCUT2D eigenvalue weighted by Gasteiger charge is 2.16. The minimum absolute atomic E-state index is 0.217. The third-order valence-electron chi connectivity index (χ3n) is 3.51. The lowest BCUT2D eigenvalue weighted by Crippen LogP contribution is -2.29. The number of unbranched alkanes of at least 4 members (excludes halogenated alkanes) is 1. The minimum Gasteiger partial charge on any atom is -0.370 e. The maximum atomic E-state index is 12.2. The molecule has 0 spiro atoms. The quantitative estimate of drug-likeness (QED) is 0.696. The van der Waals surface area contributed by atoms with Gasteiger partial charge in [0.2, 0.25) is 10.0 Å². The molecule has 0 aliphatic carbocycles. The van der Waals surface area contributed by atoms with E-state index in [0.29, 0.717) is 18.3 Å². The molecule has 0 aliphatic heterocycles. The Kier molecular flexibility index (Phi) is 7.67. The number of sulfonamides is 1. The molecule has 1 atom stereocenters. The molecule has 5 nitrogen and oxygen atoms in total. The third-order valence-corrected chi connectivity index (χ3v) is 4.92. The second-order valence-corrected chi connectivity index (χ2v) is 6.94. The summed E-state index contributed by atoms with van der Waals surface area (Å²) in [7, 11) is -3.46. The van der Waals surface area contributed by atoms with Crippen LogP contribution in [0.5, 0.6) is 0 Å². The summed E-state index contributed by atoms with van der Waals surface area (Å²) in [5.74, 6) is 1.08. The van der Waals surface area contributed by atoms with E-state index in [2.05, 4.69) is 28.9 Å². The van der Waals surface area contributed by atoms with E-state index in [1.165, 1.54) is 6.20 Å². The second-order valence-electron chi connectivity index (χ2n) is 5.18. The zero-order valence-electron chi connectivity index (χ0n) is 13.2. The highest BCUT2D eigenvalue weighted by molar-refractivity contribution is 7.89. The molecule has 0 aliphatic rings. The number of hydrogen-bond donors (Lipinski definition) is 2. The number of rotatable bonds is 10. The molecule has 6 heteroatoms. The zero-order chi connectivity index (χ0) is 15.7. The van der Waals surface area contributed by atoms with Crippen LogP contribution in [0.2, 0.25) is 0 Å². The maximum Gasteiger partial charge on any atom is 0.242 e. The Morgan fingerprint density at radius 1 is 1.24 bits per heavy atom. The molecule has 1 heterocycles. The summed E-state index contributed by atoms with van der Waals surface area (Å²) < 4.78 is 27.1. The monoisotopic (exact) mass is 313 g/mol. The molecular formula is C15H27N3O2S. The van der Waals surface area contributed by atoms with Gasteiger partial charge in [0.05, 0.1) is 0 Å². The van der Waals surface area contributed by atoms with Crippen LogP contribution in [-0.4, -0.2) is 26.5 Å². The zero-order valence-corrected chi connectivity index (χ0v) is 14.0. The summed E-state index contributed by atoms with van der Waals surface area (Å²) in [6.07, 6.45) is 5.72. The van der Waals surface area contributed by atoms with Crippen molar-refractivity contribution < 1.29 is 8.42 Å². The summed E-state index contributed by atoms with van der Waals surface area (Å²) in [6.45, 7) is 7.46. The maximum absolute atomic E-state index is 12.2. The minimum atomic E-state index is -3.46. The number of nitrogens with zero attached hydrogens (tertiary/aromatic N) is 1. The normalized spacial score (nSPS) is 13.1. The van der Waals surface area contributed by atoms with E-state index in [1.54, 1.807) is 12.1 Å². The van der Waals surface area contributed by atoms with E-state index in [0.717, 1.165) is 32.2 Å². The predicted octanol–water partition coefficient (Wildman–Crippen LogP) is 3.01. The van der Waals surface area contributed by atoms with Crippen molar-refractivity contribution in [2.45, 2.75) is 51.3 Å². The SMILES string of the molecule is CCCCC(CC)CNS(=O)(=O)c1ccc(NCC)nc1. The van der Waals surface area contributed by atoms with Gasteiger partial charge in [0, 0.05) is 19.3 Å². The van der Waals surface area contributed by atoms with E-state index < -0.39 is 10.0 Å². The molecule has 0 saturated carbocycles. The van der Waals surface area contributed by atoms with Crippen LogP contribution in [-0.2, 0) is 10.0 Å². The molecule has 0 radical (unpaired) electrons. The first-order valence-electron chi connectivity index (χ1n) is 7.73. The molecule has 0 aromatic carbocycles. The smallest absolute Gasteiger partial charge is 0.242 e. The van der Waals surface area contributed by atoms with Crippen molar-refractivity contribution >= 4 is 15.8 Å². The predicted molar refractivity (Wildman–Crippen MR) is 86.9 cm³/mol. The number of hydrogen-bond acceptors (Lipinski definition) is 4. The van der Waals surface area contributed by atoms with Crippen molar-refractivity contribution in [1.29, 1.82) is 0 Å². The van der Waals surface area contributed by atoms with Gasteiger partial charge in [-0.2, -0.15) is 0 Å². The number of aromatic nitrogens is 1. The molecule has 21 heavy (non-hydrogen) atoms. The Bertz CT molecular complexity index is 500.